The molecule has 16 heteroatoms. The third-order valence-corrected chi connectivity index (χ3v) is 6.45. The summed E-state index contributed by atoms with van der Waals surface area (Å²) in [5, 5.41) is 10.5. The number of benzene rings is 2. The molecular weight excluding hydrogens is 772 g/mol. The van der Waals surface area contributed by atoms with Crippen LogP contribution in [-0.4, -0.2) is 67.6 Å². The minimum Gasteiger partial charge on any atom is -1.00 e. The first kappa shape index (κ1) is 45.9. The van der Waals surface area contributed by atoms with Crippen molar-refractivity contribution in [3.8, 4) is 0 Å². The molecule has 0 spiro atoms. The van der Waals surface area contributed by atoms with Crippen molar-refractivity contribution < 1.29 is 35.8 Å². The van der Waals surface area contributed by atoms with Gasteiger partial charge in [-0.2, -0.15) is 13.8 Å². The fourth-order valence-electron chi connectivity index (χ4n) is 2.81. The van der Waals surface area contributed by atoms with Crippen molar-refractivity contribution in [2.24, 2.45) is 0 Å². The number of aliphatic hydroxyl groups excluding tert-OH is 1. The number of aromatic nitrogens is 4. The van der Waals surface area contributed by atoms with E-state index in [9.17, 15) is 18.7 Å². The van der Waals surface area contributed by atoms with Gasteiger partial charge in [0.05, 0.1) is 4.47 Å². The Morgan fingerprint density at radius 2 is 1.42 bits per heavy atom. The average molecular weight is 800 g/mol. The maximum atomic E-state index is 13.0. The fraction of sp³-hybridized carbons (Fsp3) is 0.241. The number of halogens is 8. The van der Waals surface area contributed by atoms with E-state index in [1.807, 2.05) is 20.3 Å². The monoisotopic (exact) mass is 796 g/mol. The maximum Gasteiger partial charge on any atom is 2.00 e. The van der Waals surface area contributed by atoms with Crippen molar-refractivity contribution >= 4 is 91.7 Å². The third kappa shape index (κ3) is 19.9. The summed E-state index contributed by atoms with van der Waals surface area (Å²) in [6.45, 7) is 6.00. The van der Waals surface area contributed by atoms with Crippen molar-refractivity contribution in [3.05, 3.63) is 121 Å². The van der Waals surface area contributed by atoms with E-state index in [4.69, 9.17) is 51.1 Å². The van der Waals surface area contributed by atoms with Gasteiger partial charge in [-0.05, 0) is 81.8 Å². The van der Waals surface area contributed by atoms with Crippen molar-refractivity contribution in [2.75, 3.05) is 13.2 Å². The van der Waals surface area contributed by atoms with Gasteiger partial charge in [-0.1, -0.05) is 47.5 Å². The molecule has 7 nitrogen and oxygen atoms in total. The Morgan fingerprint density at radius 1 is 0.911 bits per heavy atom. The summed E-state index contributed by atoms with van der Waals surface area (Å²) in [4.78, 5) is 24.7. The van der Waals surface area contributed by atoms with Crippen LogP contribution in [-0.2, 0) is 4.74 Å². The second kappa shape index (κ2) is 26.8. The SMILES string of the molecule is C1CCOC1.C[CH-]C.Clc1ncc(Br)c(Cl)n1.O=Cc1cccc(F)c1.OC(c1cccc(F)c1)c1cnc(Cl)nc1Cl.[Cl-].[Mg+2]. The van der Waals surface area contributed by atoms with Crippen LogP contribution in [0.4, 0.5) is 8.78 Å². The average Bonchev–Trinajstić information content (AvgIpc) is 3.57. The Hall–Kier alpha value is -1.25. The van der Waals surface area contributed by atoms with Crippen molar-refractivity contribution in [1.29, 1.82) is 0 Å². The predicted octanol–water partition coefficient (Wildman–Crippen LogP) is 5.84. The molecule has 1 saturated heterocycles. The number of nitrogens with zero attached hydrogens (tertiary/aromatic N) is 4. The van der Waals surface area contributed by atoms with E-state index in [-0.39, 0.29) is 62.6 Å². The number of aliphatic hydroxyl groups is 1. The van der Waals surface area contributed by atoms with Gasteiger partial charge in [-0.3, -0.25) is 4.79 Å². The molecule has 0 bridgehead atoms. The van der Waals surface area contributed by atoms with Gasteiger partial charge < -0.3 is 28.7 Å². The Morgan fingerprint density at radius 3 is 1.82 bits per heavy atom. The molecule has 0 saturated carbocycles. The fourth-order valence-corrected chi connectivity index (χ4v) is 3.71. The molecule has 1 unspecified atom stereocenters. The van der Waals surface area contributed by atoms with Gasteiger partial charge >= 0.3 is 23.1 Å². The second-order valence-electron chi connectivity index (χ2n) is 8.19. The van der Waals surface area contributed by atoms with E-state index in [0.29, 0.717) is 27.0 Å². The standard InChI is InChI=1S/C11H7Cl2FN2O.C7H5FO.C4HBrCl2N2.C4H8O.C3H7.ClH.Mg/c12-10-8(5-15-11(13)16-10)9(17)6-2-1-3-7(14)4-6;8-7-3-1-2-6(4-7)5-9;5-2-1-8-4(7)9-3(2)6;1-2-4-5-3-1;1-3-2;;/h1-5,9,17H;1-5H;1H;1-4H2;3H,1-2H3;1H;/q;;;;-1;;+2/p-1. The summed E-state index contributed by atoms with van der Waals surface area (Å²) in [5.74, 6) is -0.813. The zero-order valence-corrected chi connectivity index (χ0v) is 30.9. The first-order valence-corrected chi connectivity index (χ1v) is 14.8. The van der Waals surface area contributed by atoms with Crippen molar-refractivity contribution in [1.82, 2.24) is 19.9 Å². The summed E-state index contributed by atoms with van der Waals surface area (Å²) in [6, 6.07) is 11.1. The number of aldehydes is 1. The summed E-state index contributed by atoms with van der Waals surface area (Å²) >= 11 is 25.4. The molecule has 4 aromatic rings. The largest absolute Gasteiger partial charge is 2.00 e. The van der Waals surface area contributed by atoms with E-state index < -0.39 is 11.9 Å². The molecule has 0 amide bonds. The smallest absolute Gasteiger partial charge is 1.00 e. The maximum absolute atomic E-state index is 13.0. The summed E-state index contributed by atoms with van der Waals surface area (Å²) in [6.07, 6.45) is 6.89. The molecule has 0 aliphatic carbocycles. The van der Waals surface area contributed by atoms with Crippen LogP contribution < -0.4 is 12.4 Å². The second-order valence-corrected chi connectivity index (χ2v) is 10.4. The van der Waals surface area contributed by atoms with Gasteiger partial charge in [0.15, 0.2) is 0 Å². The number of carbonyl (C=O) groups is 1. The van der Waals surface area contributed by atoms with Gasteiger partial charge in [-0.15, -0.1) is 0 Å². The summed E-state index contributed by atoms with van der Waals surface area (Å²) in [5.41, 5.74) is 1.02. The van der Waals surface area contributed by atoms with Crippen LogP contribution in [0.3, 0.4) is 0 Å². The van der Waals surface area contributed by atoms with E-state index in [1.54, 1.807) is 12.1 Å². The van der Waals surface area contributed by atoms with Gasteiger partial charge in [0, 0.05) is 36.7 Å². The molecule has 3 heterocycles. The van der Waals surface area contributed by atoms with E-state index in [1.165, 1.54) is 61.6 Å². The van der Waals surface area contributed by atoms with Gasteiger partial charge in [0.2, 0.25) is 10.6 Å². The van der Waals surface area contributed by atoms with Gasteiger partial charge in [0.1, 0.15) is 34.3 Å². The zero-order valence-electron chi connectivity index (χ0n) is 24.1. The molecule has 2 aromatic carbocycles. The molecule has 5 rings (SSSR count). The molecule has 1 aliphatic rings. The van der Waals surface area contributed by atoms with Crippen LogP contribution in [0, 0.1) is 18.1 Å². The molecule has 1 N–H and O–H groups in total. The molecular formula is C29H28BrCl5F2MgN4O3. The van der Waals surface area contributed by atoms with Gasteiger partial charge in [-0.25, -0.2) is 28.7 Å². The van der Waals surface area contributed by atoms with Crippen LogP contribution in [0.15, 0.2) is 65.4 Å². The molecule has 45 heavy (non-hydrogen) atoms. The Kier molecular flexibility index (Phi) is 27.3. The number of rotatable bonds is 3. The molecule has 1 atom stereocenters. The normalized spacial score (nSPS) is 11.5. The van der Waals surface area contributed by atoms with E-state index in [2.05, 4.69) is 35.9 Å². The topological polar surface area (TPSA) is 98.1 Å². The van der Waals surface area contributed by atoms with Crippen LogP contribution in [0.2, 0.25) is 20.9 Å². The predicted molar refractivity (Wildman–Crippen MR) is 176 cm³/mol. The van der Waals surface area contributed by atoms with Crippen molar-refractivity contribution in [3.63, 3.8) is 0 Å². The molecule has 2 aromatic heterocycles. The Balaban J connectivity index is 0. The number of hydrogen-bond acceptors (Lipinski definition) is 7. The number of carbonyl (C=O) groups excluding carboxylic acids is 1. The zero-order chi connectivity index (χ0) is 32.2. The first-order valence-electron chi connectivity index (χ1n) is 12.5. The molecule has 1 aliphatic heterocycles. The molecule has 1 fully saturated rings. The van der Waals surface area contributed by atoms with Crippen LogP contribution >= 0.6 is 62.3 Å². The van der Waals surface area contributed by atoms with Crippen molar-refractivity contribution in [2.45, 2.75) is 32.8 Å². The Labute approximate surface area is 312 Å². The minimum absolute atomic E-state index is 0. The van der Waals surface area contributed by atoms with E-state index in [0.717, 1.165) is 13.2 Å². The van der Waals surface area contributed by atoms with Crippen LogP contribution in [0.25, 0.3) is 0 Å². The third-order valence-electron chi connectivity index (χ3n) is 4.68. The van der Waals surface area contributed by atoms with Crippen LogP contribution in [0.1, 0.15) is 54.3 Å². The quantitative estimate of drug-likeness (QED) is 0.0916. The van der Waals surface area contributed by atoms with E-state index >= 15 is 0 Å². The number of hydrogen-bond donors (Lipinski definition) is 1. The first-order chi connectivity index (χ1) is 20.5. The summed E-state index contributed by atoms with van der Waals surface area (Å²) < 4.78 is 30.8. The molecule has 240 valence electrons. The summed E-state index contributed by atoms with van der Waals surface area (Å²) in [7, 11) is 0. The minimum atomic E-state index is -1.09. The Bertz CT molecular complexity index is 1410. The van der Waals surface area contributed by atoms with Crippen LogP contribution in [0.5, 0.6) is 0 Å². The number of ether oxygens (including phenoxy) is 1. The van der Waals surface area contributed by atoms with Gasteiger partial charge in [0.25, 0.3) is 0 Å². The molecule has 0 radical (unpaired) electrons.